The van der Waals surface area contributed by atoms with Crippen molar-refractivity contribution in [1.82, 2.24) is 5.32 Å². The zero-order valence-electron chi connectivity index (χ0n) is 14.1. The van der Waals surface area contributed by atoms with Gasteiger partial charge in [0.25, 0.3) is 0 Å². The van der Waals surface area contributed by atoms with Crippen molar-refractivity contribution in [2.24, 2.45) is 5.92 Å². The Kier molecular flexibility index (Phi) is 4.51. The van der Waals surface area contributed by atoms with Crippen molar-refractivity contribution in [3.63, 3.8) is 0 Å². The number of ketones is 1. The zero-order valence-corrected chi connectivity index (χ0v) is 14.1. The number of aromatic nitrogens is 1. The summed E-state index contributed by atoms with van der Waals surface area (Å²) in [6, 6.07) is 3.81. The van der Waals surface area contributed by atoms with Crippen LogP contribution in [0.1, 0.15) is 44.6 Å². The lowest BCUT2D eigenvalue weighted by Crippen LogP contribution is -2.41. The highest BCUT2D eigenvalue weighted by Gasteiger charge is 2.44. The van der Waals surface area contributed by atoms with Crippen molar-refractivity contribution in [3.8, 4) is 0 Å². The highest BCUT2D eigenvalue weighted by Crippen LogP contribution is 2.44. The molecule has 5 heteroatoms. The van der Waals surface area contributed by atoms with Crippen LogP contribution in [0.5, 0.6) is 0 Å². The van der Waals surface area contributed by atoms with Gasteiger partial charge in [-0.3, -0.25) is 9.59 Å². The first-order chi connectivity index (χ1) is 11.5. The van der Waals surface area contributed by atoms with Crippen LogP contribution in [-0.4, -0.2) is 17.9 Å². The molecule has 1 aliphatic carbocycles. The van der Waals surface area contributed by atoms with Crippen molar-refractivity contribution in [3.05, 3.63) is 53.6 Å². The summed E-state index contributed by atoms with van der Waals surface area (Å²) in [7, 11) is 0. The van der Waals surface area contributed by atoms with Gasteiger partial charge >= 0.3 is 5.97 Å². The molecule has 1 aliphatic heterocycles. The van der Waals surface area contributed by atoms with E-state index >= 15 is 0 Å². The zero-order chi connectivity index (χ0) is 17.3. The Morgan fingerprint density at radius 1 is 1.42 bits per heavy atom. The van der Waals surface area contributed by atoms with Crippen LogP contribution in [-0.2, 0) is 14.3 Å². The predicted molar refractivity (Wildman–Crippen MR) is 88.6 cm³/mol. The van der Waals surface area contributed by atoms with E-state index in [1.165, 1.54) is 0 Å². The fraction of sp³-hybridized carbons (Fsp3) is 0.421. The van der Waals surface area contributed by atoms with E-state index in [1.54, 1.807) is 6.20 Å². The van der Waals surface area contributed by atoms with Gasteiger partial charge in [-0.1, -0.05) is 6.58 Å². The minimum Gasteiger partial charge on any atom is -0.462 e. The molecule has 0 radical (unpaired) electrons. The number of nitrogens with one attached hydrogen (secondary N) is 2. The van der Waals surface area contributed by atoms with Crippen LogP contribution in [0.2, 0.25) is 0 Å². The van der Waals surface area contributed by atoms with Crippen LogP contribution in [0.3, 0.4) is 0 Å². The van der Waals surface area contributed by atoms with Crippen LogP contribution in [0.4, 0.5) is 0 Å². The lowest BCUT2D eigenvalue weighted by atomic mass is 9.72. The number of Topliss-reactive ketones (excluding diaryl/α,β-unsaturated/α-hetero) is 1. The summed E-state index contributed by atoms with van der Waals surface area (Å²) in [5.41, 5.74) is 3.11. The minimum atomic E-state index is -0.607. The molecule has 0 aromatic carbocycles. The summed E-state index contributed by atoms with van der Waals surface area (Å²) < 4.78 is 5.44. The molecule has 126 valence electrons. The number of esters is 1. The molecule has 5 nitrogen and oxygen atoms in total. The Morgan fingerprint density at radius 2 is 2.21 bits per heavy atom. The third-order valence-corrected chi connectivity index (χ3v) is 4.48. The number of hydrogen-bond acceptors (Lipinski definition) is 4. The molecule has 2 unspecified atom stereocenters. The Hall–Kier alpha value is -2.43. The number of rotatable bonds is 3. The average molecular weight is 327 g/mol. The van der Waals surface area contributed by atoms with Gasteiger partial charge in [0.15, 0.2) is 18.2 Å². The summed E-state index contributed by atoms with van der Waals surface area (Å²) in [5, 5.41) is 3.21. The highest BCUT2D eigenvalue weighted by atomic mass is 16.5. The first-order valence-corrected chi connectivity index (χ1v) is 8.37. The second-order valence-electron chi connectivity index (χ2n) is 6.60. The quantitative estimate of drug-likeness (QED) is 0.865. The largest absolute Gasteiger partial charge is 0.462 e. The van der Waals surface area contributed by atoms with Gasteiger partial charge in [-0.25, -0.2) is 4.98 Å². The molecule has 0 amide bonds. The molecule has 2 aliphatic rings. The summed E-state index contributed by atoms with van der Waals surface area (Å²) in [6.07, 6.45) is 5.58. The molecule has 0 spiro atoms. The number of hydrogen-bond donors (Lipinski definition) is 1. The van der Waals surface area contributed by atoms with Gasteiger partial charge in [0.1, 0.15) is 5.92 Å². The summed E-state index contributed by atoms with van der Waals surface area (Å²) in [4.78, 5) is 28.4. The van der Waals surface area contributed by atoms with Gasteiger partial charge in [-0.15, -0.1) is 0 Å². The van der Waals surface area contributed by atoms with Gasteiger partial charge in [-0.2, -0.15) is 0 Å². The molecule has 0 saturated carbocycles. The number of pyridine rings is 1. The number of allylic oxidation sites excluding steroid dienone is 2. The lowest BCUT2D eigenvalue weighted by molar-refractivity contribution is -0.378. The molecule has 0 fully saturated rings. The SMILES string of the molecule is C=C1NC2=C(C(=O)CCC2)C(c2ccc[nH+]c2)C1C(=O)OC(C)C. The predicted octanol–water partition coefficient (Wildman–Crippen LogP) is 2.28. The molecular formula is C19H23N2O3+. The Labute approximate surface area is 141 Å². The first-order valence-electron chi connectivity index (χ1n) is 8.37. The van der Waals surface area contributed by atoms with E-state index in [0.29, 0.717) is 17.7 Å². The van der Waals surface area contributed by atoms with Crippen LogP contribution in [0.15, 0.2) is 48.1 Å². The van der Waals surface area contributed by atoms with Crippen LogP contribution in [0, 0.1) is 5.92 Å². The van der Waals surface area contributed by atoms with Crippen LogP contribution < -0.4 is 10.3 Å². The van der Waals surface area contributed by atoms with Crippen molar-refractivity contribution in [1.29, 1.82) is 0 Å². The lowest BCUT2D eigenvalue weighted by Gasteiger charge is -2.37. The molecule has 2 N–H and O–H groups in total. The fourth-order valence-electron chi connectivity index (χ4n) is 3.54. The van der Waals surface area contributed by atoms with Crippen molar-refractivity contribution < 1.29 is 19.3 Å². The second kappa shape index (κ2) is 6.59. The summed E-state index contributed by atoms with van der Waals surface area (Å²) in [5.74, 6) is -1.21. The highest BCUT2D eigenvalue weighted by molar-refractivity contribution is 6.00. The average Bonchev–Trinajstić information content (AvgIpc) is 2.53. The number of carbonyl (C=O) groups excluding carboxylic acids is 2. The van der Waals surface area contributed by atoms with E-state index in [-0.39, 0.29) is 23.8 Å². The summed E-state index contributed by atoms with van der Waals surface area (Å²) in [6.45, 7) is 7.68. The molecule has 2 atom stereocenters. The molecule has 3 rings (SSSR count). The number of aromatic amines is 1. The van der Waals surface area contributed by atoms with Crippen LogP contribution >= 0.6 is 0 Å². The monoisotopic (exact) mass is 327 g/mol. The molecule has 24 heavy (non-hydrogen) atoms. The smallest absolute Gasteiger partial charge is 0.316 e. The van der Waals surface area contributed by atoms with E-state index in [1.807, 2.05) is 32.2 Å². The van der Waals surface area contributed by atoms with Crippen molar-refractivity contribution >= 4 is 11.8 Å². The van der Waals surface area contributed by atoms with Gasteiger partial charge in [-0.05, 0) is 32.8 Å². The Morgan fingerprint density at radius 3 is 2.88 bits per heavy atom. The molecule has 0 saturated heterocycles. The van der Waals surface area contributed by atoms with Crippen molar-refractivity contribution in [2.75, 3.05) is 0 Å². The van der Waals surface area contributed by atoms with E-state index < -0.39 is 5.92 Å². The van der Waals surface area contributed by atoms with Crippen molar-refractivity contribution in [2.45, 2.75) is 45.1 Å². The molecular weight excluding hydrogens is 304 g/mol. The number of ether oxygens (including phenoxy) is 1. The Balaban J connectivity index is 2.10. The third kappa shape index (κ3) is 2.98. The summed E-state index contributed by atoms with van der Waals surface area (Å²) >= 11 is 0. The van der Waals surface area contributed by atoms with Gasteiger partial charge in [0, 0.05) is 40.9 Å². The molecule has 1 aromatic rings. The normalized spacial score (nSPS) is 23.8. The second-order valence-corrected chi connectivity index (χ2v) is 6.60. The maximum atomic E-state index is 12.7. The maximum absolute atomic E-state index is 12.7. The number of carbonyl (C=O) groups is 2. The van der Waals surface area contributed by atoms with E-state index in [0.717, 1.165) is 24.1 Å². The van der Waals surface area contributed by atoms with E-state index in [9.17, 15) is 9.59 Å². The molecule has 1 aromatic heterocycles. The van der Waals surface area contributed by atoms with E-state index in [4.69, 9.17) is 4.74 Å². The number of H-pyrrole nitrogens is 1. The molecule has 2 heterocycles. The maximum Gasteiger partial charge on any atom is 0.316 e. The van der Waals surface area contributed by atoms with Gasteiger partial charge < -0.3 is 10.1 Å². The van der Waals surface area contributed by atoms with E-state index in [2.05, 4.69) is 16.9 Å². The topological polar surface area (TPSA) is 69.5 Å². The Bertz CT molecular complexity index is 707. The molecule has 0 bridgehead atoms. The van der Waals surface area contributed by atoms with Crippen LogP contribution in [0.25, 0.3) is 0 Å². The van der Waals surface area contributed by atoms with Gasteiger partial charge in [0.05, 0.1) is 6.10 Å². The third-order valence-electron chi connectivity index (χ3n) is 4.48. The standard InChI is InChI=1S/C19H22N2O3/c1-11(2)24-19(23)16-12(3)21-14-7-4-8-15(22)18(14)17(16)13-6-5-9-20-10-13/h5-6,9-11,16-17,21H,3-4,7-8H2,1-2H3/p+1. The fourth-order valence-corrected chi connectivity index (χ4v) is 3.54. The minimum absolute atomic E-state index is 0.104. The first kappa shape index (κ1) is 16.4. The van der Waals surface area contributed by atoms with Gasteiger partial charge in [0.2, 0.25) is 0 Å².